The van der Waals surface area contributed by atoms with Crippen molar-refractivity contribution in [1.82, 2.24) is 10.6 Å². The smallest absolute Gasteiger partial charge is 0.363 e. The molecule has 3 heterocycles. The zero-order chi connectivity index (χ0) is 23.0. The molecule has 0 saturated heterocycles. The van der Waals surface area contributed by atoms with Gasteiger partial charge in [0, 0.05) is 5.56 Å². The summed E-state index contributed by atoms with van der Waals surface area (Å²) in [5.41, 5.74) is 1.43. The summed E-state index contributed by atoms with van der Waals surface area (Å²) in [6, 6.07) is 17.3. The first kappa shape index (κ1) is 21.4. The minimum absolute atomic E-state index is 0.0189. The molecule has 0 amide bonds. The van der Waals surface area contributed by atoms with Crippen LogP contribution in [0.3, 0.4) is 0 Å². The maximum absolute atomic E-state index is 13.7. The number of alkyl halides is 3. The molecule has 5 nitrogen and oxygen atoms in total. The number of thiophene rings is 1. The van der Waals surface area contributed by atoms with E-state index in [9.17, 15) is 13.2 Å². The number of hydrogen-bond donors (Lipinski definition) is 3. The van der Waals surface area contributed by atoms with Crippen molar-refractivity contribution >= 4 is 28.8 Å². The molecule has 3 aromatic rings. The largest absolute Gasteiger partial charge is 0.417 e. The lowest BCUT2D eigenvalue weighted by molar-refractivity contribution is -0.501. The second-order valence-corrected chi connectivity index (χ2v) is 8.63. The van der Waals surface area contributed by atoms with E-state index in [0.29, 0.717) is 11.7 Å². The Morgan fingerprint density at radius 3 is 2.52 bits per heavy atom. The quantitative estimate of drug-likeness (QED) is 0.550. The standard InChI is InChI=1S/C24H20F3N5S/c1-2-18-14-8-3-4-9-15(14)20(28-18)30-23-31-21(29-22(32-23)19-12-7-13-33-19)16-10-5-6-11-17(16)24(25,26)27/h3-13,18,23H,2H2,1H3,(H,28,30)(H,29,31,32)/p+1. The van der Waals surface area contributed by atoms with E-state index in [1.54, 1.807) is 6.07 Å². The number of amidine groups is 3. The molecular weight excluding hydrogens is 447 g/mol. The molecule has 0 aliphatic carbocycles. The summed E-state index contributed by atoms with van der Waals surface area (Å²) >= 11 is 1.45. The molecule has 0 bridgehead atoms. The molecule has 9 heteroatoms. The zero-order valence-corrected chi connectivity index (χ0v) is 18.5. The molecule has 1 aromatic heterocycles. The molecule has 168 valence electrons. The van der Waals surface area contributed by atoms with Gasteiger partial charge in [0.25, 0.3) is 12.1 Å². The van der Waals surface area contributed by atoms with Crippen molar-refractivity contribution in [3.8, 4) is 0 Å². The van der Waals surface area contributed by atoms with Crippen molar-refractivity contribution in [2.24, 2.45) is 9.98 Å². The van der Waals surface area contributed by atoms with Gasteiger partial charge in [-0.3, -0.25) is 0 Å². The van der Waals surface area contributed by atoms with Crippen LogP contribution in [0.4, 0.5) is 13.2 Å². The number of fused-ring (bicyclic) bond motifs is 1. The average Bonchev–Trinajstić information content (AvgIpc) is 3.47. The van der Waals surface area contributed by atoms with Crippen molar-refractivity contribution in [3.63, 3.8) is 0 Å². The lowest BCUT2D eigenvalue weighted by Crippen LogP contribution is -2.84. The topological polar surface area (TPSA) is 62.8 Å². The van der Waals surface area contributed by atoms with Crippen LogP contribution >= 0.6 is 11.3 Å². The second-order valence-electron chi connectivity index (χ2n) is 7.69. The Kier molecular flexibility index (Phi) is 5.49. The van der Waals surface area contributed by atoms with Crippen LogP contribution in [-0.2, 0) is 6.18 Å². The first-order chi connectivity index (χ1) is 15.9. The highest BCUT2D eigenvalue weighted by Crippen LogP contribution is 2.32. The van der Waals surface area contributed by atoms with E-state index in [1.165, 1.54) is 23.5 Å². The minimum atomic E-state index is -4.49. The Morgan fingerprint density at radius 2 is 1.79 bits per heavy atom. The lowest BCUT2D eigenvalue weighted by Gasteiger charge is -2.17. The van der Waals surface area contributed by atoms with Crippen LogP contribution in [0.5, 0.6) is 0 Å². The lowest BCUT2D eigenvalue weighted by atomic mass is 10.0. The Morgan fingerprint density at radius 1 is 1.03 bits per heavy atom. The molecule has 5 rings (SSSR count). The van der Waals surface area contributed by atoms with Crippen molar-refractivity contribution in [2.75, 3.05) is 0 Å². The van der Waals surface area contributed by atoms with Gasteiger partial charge in [0.1, 0.15) is 5.84 Å². The number of rotatable bonds is 4. The summed E-state index contributed by atoms with van der Waals surface area (Å²) in [6.07, 6.45) is -4.41. The third kappa shape index (κ3) is 4.16. The van der Waals surface area contributed by atoms with Gasteiger partial charge in [-0.1, -0.05) is 49.4 Å². The predicted molar refractivity (Wildman–Crippen MR) is 123 cm³/mol. The Bertz CT molecular complexity index is 1260. The normalized spacial score (nSPS) is 21.2. The molecule has 3 N–H and O–H groups in total. The van der Waals surface area contributed by atoms with Gasteiger partial charge in [0.05, 0.1) is 22.0 Å². The fourth-order valence-corrected chi connectivity index (χ4v) is 4.73. The zero-order valence-electron chi connectivity index (χ0n) is 17.6. The molecular formula is C24H21F3N5S+. The fraction of sp³-hybridized carbons (Fsp3) is 0.208. The highest BCUT2D eigenvalue weighted by Gasteiger charge is 2.38. The van der Waals surface area contributed by atoms with E-state index in [1.807, 2.05) is 35.7 Å². The molecule has 0 saturated carbocycles. The minimum Gasteiger partial charge on any atom is -0.363 e. The van der Waals surface area contributed by atoms with Crippen LogP contribution < -0.4 is 15.6 Å². The van der Waals surface area contributed by atoms with E-state index in [0.717, 1.165) is 28.5 Å². The summed E-state index contributed by atoms with van der Waals surface area (Å²) in [5, 5.41) is 8.38. The predicted octanol–water partition coefficient (Wildman–Crippen LogP) is 3.43. The van der Waals surface area contributed by atoms with Crippen LogP contribution in [0.25, 0.3) is 0 Å². The number of nitrogens with zero attached hydrogens (tertiary/aromatic N) is 2. The van der Waals surface area contributed by atoms with Gasteiger partial charge in [-0.15, -0.1) is 11.3 Å². The molecule has 0 spiro atoms. The molecule has 2 aliphatic rings. The van der Waals surface area contributed by atoms with Gasteiger partial charge in [0.15, 0.2) is 0 Å². The Balaban J connectivity index is 1.60. The third-order valence-corrected chi connectivity index (χ3v) is 6.46. The molecule has 2 unspecified atom stereocenters. The van der Waals surface area contributed by atoms with Crippen LogP contribution in [0.1, 0.15) is 46.5 Å². The van der Waals surface area contributed by atoms with Crippen molar-refractivity contribution in [1.29, 1.82) is 0 Å². The van der Waals surface area contributed by atoms with E-state index in [4.69, 9.17) is 4.99 Å². The van der Waals surface area contributed by atoms with E-state index in [2.05, 4.69) is 33.6 Å². The van der Waals surface area contributed by atoms with Crippen molar-refractivity contribution in [3.05, 3.63) is 93.2 Å². The average molecular weight is 469 g/mol. The summed E-state index contributed by atoms with van der Waals surface area (Å²) < 4.78 is 41.1. The summed E-state index contributed by atoms with van der Waals surface area (Å²) in [4.78, 5) is 13.3. The molecule has 2 aliphatic heterocycles. The number of halogens is 3. The SMILES string of the molecule is CCC1N/C(=N\C2N=C(c3cccs3)NC(c3ccccc3C(F)(F)F)=[NH+]2)c2ccccc21. The van der Waals surface area contributed by atoms with Gasteiger partial charge in [-0.2, -0.15) is 23.2 Å². The van der Waals surface area contributed by atoms with Crippen LogP contribution in [-0.4, -0.2) is 23.8 Å². The first-order valence-corrected chi connectivity index (χ1v) is 11.4. The maximum atomic E-state index is 13.7. The van der Waals surface area contributed by atoms with Crippen LogP contribution in [0, 0.1) is 0 Å². The number of benzene rings is 2. The van der Waals surface area contributed by atoms with Gasteiger partial charge < -0.3 is 5.32 Å². The maximum Gasteiger partial charge on any atom is 0.417 e. The van der Waals surface area contributed by atoms with Gasteiger partial charge in [-0.25, -0.2) is 10.3 Å². The first-order valence-electron chi connectivity index (χ1n) is 10.6. The fourth-order valence-electron chi connectivity index (χ4n) is 4.05. The second kappa shape index (κ2) is 8.47. The molecule has 2 aromatic carbocycles. The van der Waals surface area contributed by atoms with Crippen LogP contribution in [0.15, 0.2) is 76.0 Å². The Labute approximate surface area is 192 Å². The highest BCUT2D eigenvalue weighted by atomic mass is 32.1. The third-order valence-electron chi connectivity index (χ3n) is 5.59. The van der Waals surface area contributed by atoms with Gasteiger partial charge >= 0.3 is 6.18 Å². The summed E-state index contributed by atoms with van der Waals surface area (Å²) in [7, 11) is 0. The molecule has 0 radical (unpaired) electrons. The Hall–Kier alpha value is -3.46. The van der Waals surface area contributed by atoms with E-state index in [-0.39, 0.29) is 17.4 Å². The summed E-state index contributed by atoms with van der Waals surface area (Å²) in [5.74, 6) is 1.37. The van der Waals surface area contributed by atoms with E-state index >= 15 is 0 Å². The van der Waals surface area contributed by atoms with Crippen molar-refractivity contribution in [2.45, 2.75) is 31.9 Å². The van der Waals surface area contributed by atoms with Crippen LogP contribution in [0.2, 0.25) is 0 Å². The number of nitrogens with one attached hydrogen (secondary N) is 3. The number of hydrogen-bond acceptors (Lipinski definition) is 4. The molecule has 33 heavy (non-hydrogen) atoms. The van der Waals surface area contributed by atoms with E-state index < -0.39 is 18.0 Å². The van der Waals surface area contributed by atoms with Gasteiger partial charge in [-0.05, 0) is 35.6 Å². The number of aliphatic imine (C=N–C) groups is 2. The summed E-state index contributed by atoms with van der Waals surface area (Å²) in [6.45, 7) is 2.09. The molecule has 0 fully saturated rings. The monoisotopic (exact) mass is 468 g/mol. The highest BCUT2D eigenvalue weighted by molar-refractivity contribution is 7.12. The van der Waals surface area contributed by atoms with Crippen molar-refractivity contribution < 1.29 is 18.2 Å². The van der Waals surface area contributed by atoms with Gasteiger partial charge in [0.2, 0.25) is 5.84 Å². The molecule has 2 atom stereocenters.